The number of rotatable bonds is 5. The number of carbonyl (C=O) groups excluding carboxylic acids is 1. The third kappa shape index (κ3) is 3.14. The molecule has 0 atom stereocenters. The Balaban J connectivity index is 2.25. The molecular weight excluding hydrogens is 262 g/mol. The molecule has 0 spiro atoms. The van der Waals surface area contributed by atoms with Gasteiger partial charge < -0.3 is 9.84 Å². The van der Waals surface area contributed by atoms with Crippen molar-refractivity contribution >= 4 is 17.7 Å². The lowest BCUT2D eigenvalue weighted by molar-refractivity contribution is 0.0956. The van der Waals surface area contributed by atoms with Crippen LogP contribution in [-0.4, -0.2) is 34.6 Å². The van der Waals surface area contributed by atoms with E-state index in [1.165, 1.54) is 0 Å². The molecule has 2 aromatic heterocycles. The predicted molar refractivity (Wildman–Crippen MR) is 75.2 cm³/mol. The fourth-order valence-corrected chi connectivity index (χ4v) is 2.00. The van der Waals surface area contributed by atoms with E-state index in [1.54, 1.807) is 43.2 Å². The second kappa shape index (κ2) is 6.38. The van der Waals surface area contributed by atoms with Crippen LogP contribution in [0.5, 0.6) is 0 Å². The van der Waals surface area contributed by atoms with Crippen molar-refractivity contribution in [2.45, 2.75) is 6.92 Å². The first kappa shape index (κ1) is 13.6. The maximum Gasteiger partial charge on any atom is 0.257 e. The summed E-state index contributed by atoms with van der Waals surface area (Å²) in [5.41, 5.74) is 1.88. The zero-order chi connectivity index (χ0) is 13.7. The molecule has 2 heterocycles. The second-order valence-electron chi connectivity index (χ2n) is 3.96. The van der Waals surface area contributed by atoms with Crippen LogP contribution in [0.2, 0.25) is 0 Å². The minimum Gasteiger partial charge on any atom is -0.355 e. The summed E-state index contributed by atoms with van der Waals surface area (Å²) in [7, 11) is 0. The Morgan fingerprint density at radius 3 is 2.84 bits per heavy atom. The van der Waals surface area contributed by atoms with Gasteiger partial charge in [0.2, 0.25) is 0 Å². The van der Waals surface area contributed by atoms with Gasteiger partial charge in [0.1, 0.15) is 5.56 Å². The van der Waals surface area contributed by atoms with Crippen LogP contribution in [0.3, 0.4) is 0 Å². The van der Waals surface area contributed by atoms with E-state index in [4.69, 9.17) is 4.52 Å². The maximum absolute atomic E-state index is 12.2. The molecule has 0 saturated carbocycles. The molecule has 0 unspecified atom stereocenters. The Kier molecular flexibility index (Phi) is 4.57. The lowest BCUT2D eigenvalue weighted by Gasteiger charge is -2.04. The number of aryl methyl sites for hydroxylation is 1. The minimum absolute atomic E-state index is 0.153. The molecule has 0 radical (unpaired) electrons. The van der Waals surface area contributed by atoms with Gasteiger partial charge in [-0.3, -0.25) is 9.78 Å². The summed E-state index contributed by atoms with van der Waals surface area (Å²) >= 11 is 1.68. The molecule has 2 aromatic rings. The van der Waals surface area contributed by atoms with Gasteiger partial charge in [0.25, 0.3) is 5.91 Å². The van der Waals surface area contributed by atoms with Gasteiger partial charge in [-0.05, 0) is 25.3 Å². The van der Waals surface area contributed by atoms with Crippen LogP contribution in [0.4, 0.5) is 0 Å². The van der Waals surface area contributed by atoms with Crippen molar-refractivity contribution in [3.8, 4) is 11.3 Å². The van der Waals surface area contributed by atoms with E-state index in [2.05, 4.69) is 15.5 Å². The van der Waals surface area contributed by atoms with E-state index >= 15 is 0 Å². The van der Waals surface area contributed by atoms with Crippen molar-refractivity contribution in [3.05, 3.63) is 35.8 Å². The number of pyridine rings is 1. The Morgan fingerprint density at radius 1 is 1.42 bits per heavy atom. The second-order valence-corrected chi connectivity index (χ2v) is 4.94. The highest BCUT2D eigenvalue weighted by Gasteiger charge is 2.21. The first-order valence-corrected chi connectivity index (χ1v) is 7.27. The van der Waals surface area contributed by atoms with Crippen molar-refractivity contribution < 1.29 is 9.32 Å². The SMILES string of the molecule is CSCCNC(=O)c1c(C)noc1-c1ccncc1. The molecule has 2 rings (SSSR count). The lowest BCUT2D eigenvalue weighted by atomic mass is 10.1. The molecule has 0 aliphatic carbocycles. The Bertz CT molecular complexity index is 554. The third-order valence-corrected chi connectivity index (χ3v) is 3.24. The Morgan fingerprint density at radius 2 is 2.16 bits per heavy atom. The van der Waals surface area contributed by atoms with Gasteiger partial charge in [-0.1, -0.05) is 5.16 Å². The van der Waals surface area contributed by atoms with E-state index in [0.29, 0.717) is 23.6 Å². The largest absolute Gasteiger partial charge is 0.355 e. The Hall–Kier alpha value is -1.82. The average Bonchev–Trinajstić information content (AvgIpc) is 2.82. The topological polar surface area (TPSA) is 68.0 Å². The van der Waals surface area contributed by atoms with Crippen LogP contribution in [-0.2, 0) is 0 Å². The predicted octanol–water partition coefficient (Wildman–Crippen LogP) is 2.14. The minimum atomic E-state index is -0.153. The third-order valence-electron chi connectivity index (χ3n) is 2.62. The fourth-order valence-electron chi connectivity index (χ4n) is 1.69. The molecule has 1 N–H and O–H groups in total. The molecular formula is C13H15N3O2S. The molecule has 0 aliphatic rings. The first-order valence-electron chi connectivity index (χ1n) is 5.88. The molecule has 100 valence electrons. The van der Waals surface area contributed by atoms with Crippen LogP contribution in [0, 0.1) is 6.92 Å². The highest BCUT2D eigenvalue weighted by molar-refractivity contribution is 7.98. The van der Waals surface area contributed by atoms with E-state index < -0.39 is 0 Å². The molecule has 0 saturated heterocycles. The molecule has 5 nitrogen and oxygen atoms in total. The monoisotopic (exact) mass is 277 g/mol. The number of hydrogen-bond acceptors (Lipinski definition) is 5. The van der Waals surface area contributed by atoms with Gasteiger partial charge in [0.15, 0.2) is 5.76 Å². The summed E-state index contributed by atoms with van der Waals surface area (Å²) in [6.45, 7) is 2.39. The van der Waals surface area contributed by atoms with Gasteiger partial charge in [0, 0.05) is 30.3 Å². The van der Waals surface area contributed by atoms with Gasteiger partial charge in [-0.2, -0.15) is 11.8 Å². The molecule has 1 amide bonds. The summed E-state index contributed by atoms with van der Waals surface area (Å²) in [5.74, 6) is 1.21. The van der Waals surface area contributed by atoms with Crippen LogP contribution < -0.4 is 5.32 Å². The van der Waals surface area contributed by atoms with Crippen molar-refractivity contribution in [1.29, 1.82) is 0 Å². The number of carbonyl (C=O) groups is 1. The molecule has 0 aromatic carbocycles. The van der Waals surface area contributed by atoms with Gasteiger partial charge in [0.05, 0.1) is 5.69 Å². The zero-order valence-electron chi connectivity index (χ0n) is 10.8. The Labute approximate surface area is 115 Å². The van der Waals surface area contributed by atoms with Gasteiger partial charge >= 0.3 is 0 Å². The summed E-state index contributed by atoms with van der Waals surface area (Å²) < 4.78 is 5.27. The standard InChI is InChI=1S/C13H15N3O2S/c1-9-11(13(17)15-7-8-19-2)12(18-16-9)10-3-5-14-6-4-10/h3-6H,7-8H2,1-2H3,(H,15,17). The van der Waals surface area contributed by atoms with Gasteiger partial charge in [-0.15, -0.1) is 0 Å². The van der Waals surface area contributed by atoms with Gasteiger partial charge in [-0.25, -0.2) is 0 Å². The highest BCUT2D eigenvalue weighted by atomic mass is 32.2. The number of hydrogen-bond donors (Lipinski definition) is 1. The number of thioether (sulfide) groups is 1. The smallest absolute Gasteiger partial charge is 0.257 e. The van der Waals surface area contributed by atoms with Crippen molar-refractivity contribution in [2.24, 2.45) is 0 Å². The van der Waals surface area contributed by atoms with Crippen LogP contribution >= 0.6 is 11.8 Å². The van der Waals surface area contributed by atoms with Crippen LogP contribution in [0.15, 0.2) is 29.0 Å². The quantitative estimate of drug-likeness (QED) is 0.848. The highest BCUT2D eigenvalue weighted by Crippen LogP contribution is 2.25. The van der Waals surface area contributed by atoms with Crippen molar-refractivity contribution in [1.82, 2.24) is 15.5 Å². The number of aromatic nitrogens is 2. The summed E-state index contributed by atoms with van der Waals surface area (Å²) in [6, 6.07) is 3.58. The molecule has 0 aliphatic heterocycles. The summed E-state index contributed by atoms with van der Waals surface area (Å²) in [4.78, 5) is 16.1. The lowest BCUT2D eigenvalue weighted by Crippen LogP contribution is -2.26. The molecule has 0 fully saturated rings. The van der Waals surface area contributed by atoms with Crippen LogP contribution in [0.25, 0.3) is 11.3 Å². The normalized spacial score (nSPS) is 10.4. The zero-order valence-corrected chi connectivity index (χ0v) is 11.7. The molecule has 19 heavy (non-hydrogen) atoms. The van der Waals surface area contributed by atoms with E-state index in [-0.39, 0.29) is 5.91 Å². The molecule has 6 heteroatoms. The van der Waals surface area contributed by atoms with Crippen molar-refractivity contribution in [2.75, 3.05) is 18.6 Å². The summed E-state index contributed by atoms with van der Waals surface area (Å²) in [5, 5.41) is 6.74. The van der Waals surface area contributed by atoms with Crippen LogP contribution in [0.1, 0.15) is 16.1 Å². The molecule has 0 bridgehead atoms. The number of nitrogens with zero attached hydrogens (tertiary/aromatic N) is 2. The average molecular weight is 277 g/mol. The van der Waals surface area contributed by atoms with Crippen molar-refractivity contribution in [3.63, 3.8) is 0 Å². The van der Waals surface area contributed by atoms with E-state index in [9.17, 15) is 4.79 Å². The number of nitrogens with one attached hydrogen (secondary N) is 1. The van der Waals surface area contributed by atoms with E-state index in [1.807, 2.05) is 6.26 Å². The first-order chi connectivity index (χ1) is 9.24. The maximum atomic E-state index is 12.2. The van der Waals surface area contributed by atoms with E-state index in [0.717, 1.165) is 11.3 Å². The number of amides is 1. The summed E-state index contributed by atoms with van der Waals surface area (Å²) in [6.07, 6.45) is 5.31. The fraction of sp³-hybridized carbons (Fsp3) is 0.308.